The number of ether oxygens (including phenoxy) is 1. The van der Waals surface area contributed by atoms with Crippen LogP contribution in [-0.2, 0) is 0 Å². The molecule has 0 unspecified atom stereocenters. The van der Waals surface area contributed by atoms with Crippen LogP contribution < -0.4 is 15.4 Å². The Morgan fingerprint density at radius 2 is 1.83 bits per heavy atom. The topological polar surface area (TPSA) is 67.4 Å². The fraction of sp³-hybridized carbons (Fsp3) is 0.263. The minimum absolute atomic E-state index is 0.0691. The van der Waals surface area contributed by atoms with E-state index in [9.17, 15) is 9.59 Å². The van der Waals surface area contributed by atoms with Gasteiger partial charge in [-0.05, 0) is 43.7 Å². The normalized spacial score (nSPS) is 11.5. The summed E-state index contributed by atoms with van der Waals surface area (Å²) >= 11 is 0. The molecule has 0 fully saturated rings. The van der Waals surface area contributed by atoms with Gasteiger partial charge in [-0.2, -0.15) is 0 Å². The highest BCUT2D eigenvalue weighted by atomic mass is 16.5. The van der Waals surface area contributed by atoms with E-state index < -0.39 is 0 Å². The van der Waals surface area contributed by atoms with Crippen LogP contribution in [0.25, 0.3) is 0 Å². The van der Waals surface area contributed by atoms with E-state index >= 15 is 0 Å². The maximum Gasteiger partial charge on any atom is 0.255 e. The molecule has 5 heteroatoms. The van der Waals surface area contributed by atoms with Crippen molar-refractivity contribution in [1.29, 1.82) is 0 Å². The summed E-state index contributed by atoms with van der Waals surface area (Å²) in [6, 6.07) is 13.9. The summed E-state index contributed by atoms with van der Waals surface area (Å²) in [6.07, 6.45) is 0.837. The summed E-state index contributed by atoms with van der Waals surface area (Å²) in [5.74, 6) is 0.106. The fourth-order valence-electron chi connectivity index (χ4n) is 2.15. The Morgan fingerprint density at radius 1 is 1.08 bits per heavy atom. The summed E-state index contributed by atoms with van der Waals surface area (Å²) in [6.45, 7) is 3.94. The highest BCUT2D eigenvalue weighted by Gasteiger charge is 2.15. The van der Waals surface area contributed by atoms with Crippen molar-refractivity contribution in [2.24, 2.45) is 0 Å². The average molecular weight is 326 g/mol. The first-order chi connectivity index (χ1) is 11.5. The van der Waals surface area contributed by atoms with Gasteiger partial charge in [0, 0.05) is 11.6 Å². The summed E-state index contributed by atoms with van der Waals surface area (Å²) in [4.78, 5) is 24.8. The monoisotopic (exact) mass is 326 g/mol. The molecule has 0 saturated heterocycles. The Kier molecular flexibility index (Phi) is 5.95. The van der Waals surface area contributed by atoms with E-state index in [1.165, 1.54) is 0 Å². The van der Waals surface area contributed by atoms with Gasteiger partial charge in [0.1, 0.15) is 5.75 Å². The SMILES string of the molecule is CC[C@@H](C)NC(=O)c1ccccc1NC(=O)c1cccc(OC)c1. The van der Waals surface area contributed by atoms with Gasteiger partial charge in [-0.3, -0.25) is 9.59 Å². The van der Waals surface area contributed by atoms with Crippen LogP contribution in [0.15, 0.2) is 48.5 Å². The van der Waals surface area contributed by atoms with E-state index in [1.54, 1.807) is 55.6 Å². The molecule has 0 aliphatic heterocycles. The number of rotatable bonds is 6. The number of nitrogens with one attached hydrogen (secondary N) is 2. The third-order valence-corrected chi connectivity index (χ3v) is 3.74. The molecule has 0 spiro atoms. The molecule has 0 bridgehead atoms. The van der Waals surface area contributed by atoms with Crippen LogP contribution >= 0.6 is 0 Å². The largest absolute Gasteiger partial charge is 0.497 e. The third-order valence-electron chi connectivity index (χ3n) is 3.74. The van der Waals surface area contributed by atoms with Gasteiger partial charge in [0.2, 0.25) is 0 Å². The van der Waals surface area contributed by atoms with Crippen LogP contribution in [0.4, 0.5) is 5.69 Å². The zero-order chi connectivity index (χ0) is 17.5. The minimum Gasteiger partial charge on any atom is -0.497 e. The predicted octanol–water partition coefficient (Wildman–Crippen LogP) is 3.48. The standard InChI is InChI=1S/C19H22N2O3/c1-4-13(2)20-19(23)16-10-5-6-11-17(16)21-18(22)14-8-7-9-15(12-14)24-3/h5-13H,4H2,1-3H3,(H,20,23)(H,21,22)/t13-/m1/s1. The predicted molar refractivity (Wildman–Crippen MR) is 94.6 cm³/mol. The Morgan fingerprint density at radius 3 is 2.54 bits per heavy atom. The van der Waals surface area contributed by atoms with E-state index in [1.807, 2.05) is 13.8 Å². The second-order valence-corrected chi connectivity index (χ2v) is 5.51. The van der Waals surface area contributed by atoms with Gasteiger partial charge >= 0.3 is 0 Å². The van der Waals surface area contributed by atoms with Crippen molar-refractivity contribution in [3.63, 3.8) is 0 Å². The van der Waals surface area contributed by atoms with E-state index in [4.69, 9.17) is 4.74 Å². The molecule has 2 N–H and O–H groups in total. The lowest BCUT2D eigenvalue weighted by atomic mass is 10.1. The Labute approximate surface area is 142 Å². The van der Waals surface area contributed by atoms with E-state index in [-0.39, 0.29) is 17.9 Å². The minimum atomic E-state index is -0.294. The van der Waals surface area contributed by atoms with Crippen molar-refractivity contribution < 1.29 is 14.3 Å². The molecule has 2 aromatic rings. The molecule has 0 saturated carbocycles. The van der Waals surface area contributed by atoms with Gasteiger partial charge in [0.15, 0.2) is 0 Å². The number of para-hydroxylation sites is 1. The quantitative estimate of drug-likeness (QED) is 0.854. The number of amides is 2. The Balaban J connectivity index is 2.20. The van der Waals surface area contributed by atoms with Gasteiger partial charge < -0.3 is 15.4 Å². The molecule has 126 valence electrons. The third kappa shape index (κ3) is 4.35. The van der Waals surface area contributed by atoms with Crippen LogP contribution in [0.3, 0.4) is 0 Å². The lowest BCUT2D eigenvalue weighted by Gasteiger charge is -2.14. The van der Waals surface area contributed by atoms with Gasteiger partial charge in [0.25, 0.3) is 11.8 Å². The van der Waals surface area contributed by atoms with Crippen molar-refractivity contribution in [3.8, 4) is 5.75 Å². The lowest BCUT2D eigenvalue weighted by molar-refractivity contribution is 0.0940. The summed E-state index contributed by atoms with van der Waals surface area (Å²) in [5.41, 5.74) is 1.38. The molecule has 1 atom stereocenters. The molecule has 0 aromatic heterocycles. The highest BCUT2D eigenvalue weighted by molar-refractivity contribution is 6.09. The number of hydrogen-bond donors (Lipinski definition) is 2. The zero-order valence-corrected chi connectivity index (χ0v) is 14.1. The van der Waals surface area contributed by atoms with E-state index in [0.29, 0.717) is 22.6 Å². The van der Waals surface area contributed by atoms with Crippen LogP contribution in [0, 0.1) is 0 Å². The smallest absolute Gasteiger partial charge is 0.255 e. The Bertz CT molecular complexity index is 728. The van der Waals surface area contributed by atoms with Crippen LogP contribution in [-0.4, -0.2) is 25.0 Å². The molecule has 2 aromatic carbocycles. The average Bonchev–Trinajstić information content (AvgIpc) is 2.61. The first-order valence-electron chi connectivity index (χ1n) is 7.90. The number of anilines is 1. The molecule has 2 amide bonds. The van der Waals surface area contributed by atoms with Gasteiger partial charge in [-0.15, -0.1) is 0 Å². The number of carbonyl (C=O) groups is 2. The highest BCUT2D eigenvalue weighted by Crippen LogP contribution is 2.18. The van der Waals surface area contributed by atoms with Gasteiger partial charge in [-0.1, -0.05) is 25.1 Å². The van der Waals surface area contributed by atoms with E-state index in [2.05, 4.69) is 10.6 Å². The first kappa shape index (κ1) is 17.5. The molecule has 0 heterocycles. The van der Waals surface area contributed by atoms with Crippen LogP contribution in [0.2, 0.25) is 0 Å². The van der Waals surface area contributed by atoms with Crippen molar-refractivity contribution in [2.45, 2.75) is 26.3 Å². The molecule has 2 rings (SSSR count). The fourth-order valence-corrected chi connectivity index (χ4v) is 2.15. The lowest BCUT2D eigenvalue weighted by Crippen LogP contribution is -2.32. The number of methoxy groups -OCH3 is 1. The number of hydrogen-bond acceptors (Lipinski definition) is 3. The second kappa shape index (κ2) is 8.15. The maximum atomic E-state index is 12.4. The number of carbonyl (C=O) groups excluding carboxylic acids is 2. The van der Waals surface area contributed by atoms with Crippen molar-refractivity contribution in [2.75, 3.05) is 12.4 Å². The number of benzene rings is 2. The van der Waals surface area contributed by atoms with Crippen LogP contribution in [0.1, 0.15) is 41.0 Å². The van der Waals surface area contributed by atoms with Gasteiger partial charge in [-0.25, -0.2) is 0 Å². The van der Waals surface area contributed by atoms with Crippen LogP contribution in [0.5, 0.6) is 5.75 Å². The molecular formula is C19H22N2O3. The first-order valence-corrected chi connectivity index (χ1v) is 7.90. The molecule has 0 aliphatic rings. The second-order valence-electron chi connectivity index (χ2n) is 5.51. The Hall–Kier alpha value is -2.82. The summed E-state index contributed by atoms with van der Waals surface area (Å²) in [7, 11) is 1.55. The van der Waals surface area contributed by atoms with Crippen molar-refractivity contribution >= 4 is 17.5 Å². The molecule has 24 heavy (non-hydrogen) atoms. The molecule has 5 nitrogen and oxygen atoms in total. The molecule has 0 radical (unpaired) electrons. The van der Waals surface area contributed by atoms with E-state index in [0.717, 1.165) is 6.42 Å². The summed E-state index contributed by atoms with van der Waals surface area (Å²) < 4.78 is 5.13. The zero-order valence-electron chi connectivity index (χ0n) is 14.1. The maximum absolute atomic E-state index is 12.4. The molecule has 0 aliphatic carbocycles. The van der Waals surface area contributed by atoms with Crippen molar-refractivity contribution in [3.05, 3.63) is 59.7 Å². The van der Waals surface area contributed by atoms with Crippen molar-refractivity contribution in [1.82, 2.24) is 5.32 Å². The molecular weight excluding hydrogens is 304 g/mol. The van der Waals surface area contributed by atoms with Gasteiger partial charge in [0.05, 0.1) is 18.4 Å². The summed E-state index contributed by atoms with van der Waals surface area (Å²) in [5, 5.41) is 5.70.